The quantitative estimate of drug-likeness (QED) is 0.869. The van der Waals surface area contributed by atoms with Crippen LogP contribution in [0.25, 0.3) is 0 Å². The van der Waals surface area contributed by atoms with Gasteiger partial charge in [-0.15, -0.1) is 0 Å². The van der Waals surface area contributed by atoms with Gasteiger partial charge in [0.2, 0.25) is 17.2 Å². The van der Waals surface area contributed by atoms with Crippen molar-refractivity contribution in [2.24, 2.45) is 0 Å². The van der Waals surface area contributed by atoms with Gasteiger partial charge in [0.05, 0.1) is 0 Å². The highest BCUT2D eigenvalue weighted by Gasteiger charge is 2.18. The van der Waals surface area contributed by atoms with E-state index in [1.54, 1.807) is 0 Å². The molecule has 0 spiro atoms. The summed E-state index contributed by atoms with van der Waals surface area (Å²) in [6.45, 7) is 2.71. The third-order valence-corrected chi connectivity index (χ3v) is 3.75. The summed E-state index contributed by atoms with van der Waals surface area (Å²) in [5.41, 5.74) is 1.21. The zero-order chi connectivity index (χ0) is 14.7. The van der Waals surface area contributed by atoms with Crippen molar-refractivity contribution in [3.05, 3.63) is 41.2 Å². The van der Waals surface area contributed by atoms with Crippen LogP contribution in [0.1, 0.15) is 18.4 Å². The molecule has 1 aliphatic rings. The summed E-state index contributed by atoms with van der Waals surface area (Å²) >= 11 is 6.06. The van der Waals surface area contributed by atoms with E-state index >= 15 is 0 Å². The standard InChI is InChI=1S/C15H18ClN5/c1-20(11-12-7-3-2-4-8-12)14-17-13(16)18-15(19-14)21-9-5-6-10-21/h2-4,7-8H,5-6,9-11H2,1H3. The Balaban J connectivity index is 1.80. The molecule has 110 valence electrons. The molecular formula is C15H18ClN5. The van der Waals surface area contributed by atoms with Gasteiger partial charge in [-0.3, -0.25) is 0 Å². The highest BCUT2D eigenvalue weighted by molar-refractivity contribution is 6.28. The molecule has 0 N–H and O–H groups in total. The summed E-state index contributed by atoms with van der Waals surface area (Å²) in [7, 11) is 1.96. The second kappa shape index (κ2) is 6.26. The van der Waals surface area contributed by atoms with Crippen molar-refractivity contribution in [3.8, 4) is 0 Å². The van der Waals surface area contributed by atoms with Crippen molar-refractivity contribution in [3.63, 3.8) is 0 Å². The van der Waals surface area contributed by atoms with Gasteiger partial charge in [-0.05, 0) is 30.0 Å². The van der Waals surface area contributed by atoms with Crippen LogP contribution in [0.15, 0.2) is 30.3 Å². The number of halogens is 1. The Kier molecular flexibility index (Phi) is 4.20. The molecule has 0 radical (unpaired) electrons. The van der Waals surface area contributed by atoms with E-state index in [0.717, 1.165) is 19.6 Å². The maximum Gasteiger partial charge on any atom is 0.231 e. The van der Waals surface area contributed by atoms with Gasteiger partial charge in [0, 0.05) is 26.7 Å². The maximum atomic E-state index is 6.06. The highest BCUT2D eigenvalue weighted by atomic mass is 35.5. The molecule has 2 aromatic rings. The Bertz CT molecular complexity index is 598. The SMILES string of the molecule is CN(Cc1ccccc1)c1nc(Cl)nc(N2CCCC2)n1. The largest absolute Gasteiger partial charge is 0.341 e. The number of benzene rings is 1. The minimum atomic E-state index is 0.252. The topological polar surface area (TPSA) is 45.2 Å². The fourth-order valence-electron chi connectivity index (χ4n) is 2.49. The Morgan fingerprint density at radius 2 is 1.81 bits per heavy atom. The van der Waals surface area contributed by atoms with Crippen molar-refractivity contribution in [2.45, 2.75) is 19.4 Å². The molecule has 1 aromatic heterocycles. The van der Waals surface area contributed by atoms with Gasteiger partial charge in [0.1, 0.15) is 0 Å². The highest BCUT2D eigenvalue weighted by Crippen LogP contribution is 2.20. The van der Waals surface area contributed by atoms with Crippen LogP contribution in [-0.2, 0) is 6.54 Å². The monoisotopic (exact) mass is 303 g/mol. The molecule has 1 saturated heterocycles. The fourth-order valence-corrected chi connectivity index (χ4v) is 2.64. The van der Waals surface area contributed by atoms with Gasteiger partial charge in [-0.1, -0.05) is 30.3 Å². The van der Waals surface area contributed by atoms with Gasteiger partial charge < -0.3 is 9.80 Å². The van der Waals surface area contributed by atoms with Crippen molar-refractivity contribution < 1.29 is 0 Å². The molecule has 1 fully saturated rings. The van der Waals surface area contributed by atoms with Crippen molar-refractivity contribution in [1.29, 1.82) is 0 Å². The normalized spacial score (nSPS) is 14.5. The smallest absolute Gasteiger partial charge is 0.231 e. The number of aromatic nitrogens is 3. The molecule has 3 rings (SSSR count). The van der Waals surface area contributed by atoms with Crippen LogP contribution in [0.2, 0.25) is 5.28 Å². The van der Waals surface area contributed by atoms with Gasteiger partial charge in [0.25, 0.3) is 0 Å². The second-order valence-corrected chi connectivity index (χ2v) is 5.58. The van der Waals surface area contributed by atoms with E-state index in [1.165, 1.54) is 18.4 Å². The maximum absolute atomic E-state index is 6.06. The first-order valence-electron chi connectivity index (χ1n) is 7.14. The van der Waals surface area contributed by atoms with Crippen molar-refractivity contribution >= 4 is 23.5 Å². The van der Waals surface area contributed by atoms with E-state index in [1.807, 2.05) is 30.1 Å². The predicted molar refractivity (Wildman–Crippen MR) is 84.8 cm³/mol. The molecule has 0 bridgehead atoms. The lowest BCUT2D eigenvalue weighted by molar-refractivity contribution is 0.824. The van der Waals surface area contributed by atoms with Crippen molar-refractivity contribution in [2.75, 3.05) is 29.9 Å². The van der Waals surface area contributed by atoms with E-state index < -0.39 is 0 Å². The van der Waals surface area contributed by atoms with E-state index in [-0.39, 0.29) is 5.28 Å². The van der Waals surface area contributed by atoms with Gasteiger partial charge in [-0.25, -0.2) is 0 Å². The van der Waals surface area contributed by atoms with Gasteiger partial charge in [0.15, 0.2) is 0 Å². The number of anilines is 2. The Morgan fingerprint density at radius 1 is 1.10 bits per heavy atom. The summed E-state index contributed by atoms with van der Waals surface area (Å²) in [6, 6.07) is 10.2. The first kappa shape index (κ1) is 14.1. The lowest BCUT2D eigenvalue weighted by Crippen LogP contribution is -2.24. The molecule has 0 aliphatic carbocycles. The van der Waals surface area contributed by atoms with Crippen LogP contribution in [0.3, 0.4) is 0 Å². The van der Waals surface area contributed by atoms with E-state index in [4.69, 9.17) is 11.6 Å². The van der Waals surface area contributed by atoms with E-state index in [2.05, 4.69) is 32.0 Å². The number of hydrogen-bond donors (Lipinski definition) is 0. The number of hydrogen-bond acceptors (Lipinski definition) is 5. The summed E-state index contributed by atoms with van der Waals surface area (Å²) < 4.78 is 0. The minimum Gasteiger partial charge on any atom is -0.341 e. The molecule has 21 heavy (non-hydrogen) atoms. The minimum absolute atomic E-state index is 0.252. The lowest BCUT2D eigenvalue weighted by atomic mass is 10.2. The van der Waals surface area contributed by atoms with Crippen LogP contribution < -0.4 is 9.80 Å². The molecule has 0 amide bonds. The van der Waals surface area contributed by atoms with Crippen LogP contribution in [-0.4, -0.2) is 35.1 Å². The summed E-state index contributed by atoms with van der Waals surface area (Å²) in [4.78, 5) is 17.2. The fraction of sp³-hybridized carbons (Fsp3) is 0.400. The van der Waals surface area contributed by atoms with Crippen LogP contribution in [0.4, 0.5) is 11.9 Å². The number of rotatable bonds is 4. The molecule has 0 atom stereocenters. The molecule has 1 aliphatic heterocycles. The first-order valence-corrected chi connectivity index (χ1v) is 7.52. The van der Waals surface area contributed by atoms with Crippen LogP contribution in [0.5, 0.6) is 0 Å². The molecule has 1 aromatic carbocycles. The van der Waals surface area contributed by atoms with Gasteiger partial charge in [-0.2, -0.15) is 15.0 Å². The Labute approximate surface area is 129 Å². The summed E-state index contributed by atoms with van der Waals surface area (Å²) in [5, 5.41) is 0.252. The summed E-state index contributed by atoms with van der Waals surface area (Å²) in [5.74, 6) is 1.29. The Morgan fingerprint density at radius 3 is 2.52 bits per heavy atom. The molecule has 2 heterocycles. The number of nitrogens with zero attached hydrogens (tertiary/aromatic N) is 5. The van der Waals surface area contributed by atoms with E-state index in [9.17, 15) is 0 Å². The molecular weight excluding hydrogens is 286 g/mol. The second-order valence-electron chi connectivity index (χ2n) is 5.24. The van der Waals surface area contributed by atoms with E-state index in [0.29, 0.717) is 11.9 Å². The molecule has 6 heteroatoms. The first-order chi connectivity index (χ1) is 10.2. The molecule has 0 saturated carbocycles. The molecule has 0 unspecified atom stereocenters. The third kappa shape index (κ3) is 3.42. The zero-order valence-corrected chi connectivity index (χ0v) is 12.8. The predicted octanol–water partition coefficient (Wildman–Crippen LogP) is 2.76. The molecule has 5 nitrogen and oxygen atoms in total. The zero-order valence-electron chi connectivity index (χ0n) is 12.0. The van der Waals surface area contributed by atoms with Gasteiger partial charge >= 0.3 is 0 Å². The third-order valence-electron chi connectivity index (χ3n) is 3.58. The van der Waals surface area contributed by atoms with Crippen molar-refractivity contribution in [1.82, 2.24) is 15.0 Å². The summed E-state index contributed by atoms with van der Waals surface area (Å²) in [6.07, 6.45) is 2.36. The van der Waals surface area contributed by atoms with Crippen LogP contribution >= 0.6 is 11.6 Å². The average molecular weight is 304 g/mol. The Hall–Kier alpha value is -1.88. The van der Waals surface area contributed by atoms with Crippen LogP contribution in [0, 0.1) is 0 Å². The average Bonchev–Trinajstić information content (AvgIpc) is 3.02. The lowest BCUT2D eigenvalue weighted by Gasteiger charge is -2.20.